The Morgan fingerprint density at radius 1 is 1.44 bits per heavy atom. The summed E-state index contributed by atoms with van der Waals surface area (Å²) in [4.78, 5) is 21.9. The van der Waals surface area contributed by atoms with Gasteiger partial charge in [-0.1, -0.05) is 19.1 Å². The Balaban J connectivity index is 2.44. The number of carboxylic acid groups (broad SMARTS) is 1. The van der Waals surface area contributed by atoms with Gasteiger partial charge in [-0.25, -0.2) is 0 Å². The van der Waals surface area contributed by atoms with E-state index in [4.69, 9.17) is 9.84 Å². The molecule has 1 atom stereocenters. The maximum Gasteiger partial charge on any atom is 0.325 e. The predicted molar refractivity (Wildman–Crippen MR) is 66.6 cm³/mol. The second-order valence-electron chi connectivity index (χ2n) is 3.92. The molecule has 0 aromatic heterocycles. The first-order valence-corrected chi connectivity index (χ1v) is 5.76. The fourth-order valence-corrected chi connectivity index (χ4v) is 1.35. The van der Waals surface area contributed by atoms with Crippen molar-refractivity contribution in [2.24, 2.45) is 0 Å². The van der Waals surface area contributed by atoms with Crippen LogP contribution in [0.2, 0.25) is 0 Å². The molecule has 0 saturated carbocycles. The summed E-state index contributed by atoms with van der Waals surface area (Å²) in [6.07, 6.45) is 0.888. The van der Waals surface area contributed by atoms with Crippen molar-refractivity contribution in [2.45, 2.75) is 26.3 Å². The fourth-order valence-electron chi connectivity index (χ4n) is 1.35. The maximum atomic E-state index is 11.4. The van der Waals surface area contributed by atoms with Gasteiger partial charge in [0.1, 0.15) is 11.8 Å². The Kier molecular flexibility index (Phi) is 5.17. The molecule has 0 bridgehead atoms. The van der Waals surface area contributed by atoms with E-state index in [1.165, 1.54) is 6.92 Å². The molecular weight excluding hydrogens is 234 g/mol. The minimum atomic E-state index is -1.07. The van der Waals surface area contributed by atoms with Crippen LogP contribution < -0.4 is 10.1 Å². The summed E-state index contributed by atoms with van der Waals surface area (Å²) in [6.45, 7) is 3.24. The third kappa shape index (κ3) is 4.45. The Hall–Kier alpha value is -2.04. The van der Waals surface area contributed by atoms with Crippen molar-refractivity contribution in [3.63, 3.8) is 0 Å². The van der Waals surface area contributed by atoms with E-state index in [-0.39, 0.29) is 6.61 Å². The Morgan fingerprint density at radius 2 is 2.17 bits per heavy atom. The number of hydrogen-bond acceptors (Lipinski definition) is 3. The molecule has 1 aromatic rings. The second kappa shape index (κ2) is 6.64. The monoisotopic (exact) mass is 251 g/mol. The number of carbonyl (C=O) groups excluding carboxylic acids is 1. The summed E-state index contributed by atoms with van der Waals surface area (Å²) in [5.41, 5.74) is 1.12. The van der Waals surface area contributed by atoms with Gasteiger partial charge in [0.15, 0.2) is 6.61 Å². The molecule has 0 heterocycles. The van der Waals surface area contributed by atoms with Gasteiger partial charge in [-0.05, 0) is 31.0 Å². The van der Waals surface area contributed by atoms with Gasteiger partial charge < -0.3 is 15.2 Å². The van der Waals surface area contributed by atoms with E-state index in [1.807, 2.05) is 25.1 Å². The van der Waals surface area contributed by atoms with Crippen LogP contribution in [0, 0.1) is 0 Å². The van der Waals surface area contributed by atoms with E-state index < -0.39 is 17.9 Å². The molecule has 1 aromatic carbocycles. The SMILES string of the molecule is CCc1cccc(OCC(=O)NC(C)C(=O)O)c1. The number of nitrogens with one attached hydrogen (secondary N) is 1. The van der Waals surface area contributed by atoms with Crippen LogP contribution in [-0.4, -0.2) is 29.6 Å². The topological polar surface area (TPSA) is 75.6 Å². The van der Waals surface area contributed by atoms with Crippen molar-refractivity contribution in [3.8, 4) is 5.75 Å². The molecule has 1 amide bonds. The first kappa shape index (κ1) is 14.0. The summed E-state index contributed by atoms with van der Waals surface area (Å²) >= 11 is 0. The number of aliphatic carboxylic acids is 1. The second-order valence-corrected chi connectivity index (χ2v) is 3.92. The summed E-state index contributed by atoms with van der Waals surface area (Å²) < 4.78 is 5.29. The minimum absolute atomic E-state index is 0.190. The molecule has 5 nitrogen and oxygen atoms in total. The Morgan fingerprint density at radius 3 is 2.78 bits per heavy atom. The van der Waals surface area contributed by atoms with Crippen LogP contribution in [0.5, 0.6) is 5.75 Å². The number of carbonyl (C=O) groups is 2. The molecule has 0 aliphatic rings. The molecule has 2 N–H and O–H groups in total. The van der Waals surface area contributed by atoms with Crippen molar-refractivity contribution in [1.82, 2.24) is 5.32 Å². The lowest BCUT2D eigenvalue weighted by Crippen LogP contribution is -2.40. The van der Waals surface area contributed by atoms with Crippen molar-refractivity contribution in [3.05, 3.63) is 29.8 Å². The zero-order chi connectivity index (χ0) is 13.5. The fraction of sp³-hybridized carbons (Fsp3) is 0.385. The lowest BCUT2D eigenvalue weighted by Gasteiger charge is -2.10. The van der Waals surface area contributed by atoms with Gasteiger partial charge in [-0.2, -0.15) is 0 Å². The molecule has 98 valence electrons. The lowest BCUT2D eigenvalue weighted by atomic mass is 10.2. The van der Waals surface area contributed by atoms with Gasteiger partial charge in [-0.15, -0.1) is 0 Å². The highest BCUT2D eigenvalue weighted by Crippen LogP contribution is 2.13. The predicted octanol–water partition coefficient (Wildman–Crippen LogP) is 1.22. The van der Waals surface area contributed by atoms with Gasteiger partial charge in [0.25, 0.3) is 5.91 Å². The van der Waals surface area contributed by atoms with Crippen molar-refractivity contribution in [2.75, 3.05) is 6.61 Å². The van der Waals surface area contributed by atoms with Crippen LogP contribution in [0.3, 0.4) is 0 Å². The van der Waals surface area contributed by atoms with E-state index in [1.54, 1.807) is 6.07 Å². The van der Waals surface area contributed by atoms with E-state index in [2.05, 4.69) is 5.32 Å². The molecule has 0 aliphatic carbocycles. The molecule has 5 heteroatoms. The molecule has 1 unspecified atom stereocenters. The quantitative estimate of drug-likeness (QED) is 0.797. The van der Waals surface area contributed by atoms with Gasteiger partial charge in [0.2, 0.25) is 0 Å². The van der Waals surface area contributed by atoms with Crippen LogP contribution in [0.15, 0.2) is 24.3 Å². The third-order valence-electron chi connectivity index (χ3n) is 2.42. The summed E-state index contributed by atoms with van der Waals surface area (Å²) in [6, 6.07) is 6.52. The number of hydrogen-bond donors (Lipinski definition) is 2. The molecule has 0 fully saturated rings. The van der Waals surface area contributed by atoms with E-state index in [9.17, 15) is 9.59 Å². The maximum absolute atomic E-state index is 11.4. The minimum Gasteiger partial charge on any atom is -0.484 e. The summed E-state index contributed by atoms with van der Waals surface area (Å²) in [5.74, 6) is -0.921. The largest absolute Gasteiger partial charge is 0.484 e. The zero-order valence-electron chi connectivity index (χ0n) is 10.5. The Labute approximate surface area is 106 Å². The van der Waals surface area contributed by atoms with Crippen LogP contribution in [0.1, 0.15) is 19.4 Å². The molecule has 1 rings (SSSR count). The average molecular weight is 251 g/mol. The van der Waals surface area contributed by atoms with Crippen molar-refractivity contribution in [1.29, 1.82) is 0 Å². The van der Waals surface area contributed by atoms with Crippen molar-refractivity contribution < 1.29 is 19.4 Å². The third-order valence-corrected chi connectivity index (χ3v) is 2.42. The van der Waals surface area contributed by atoms with Gasteiger partial charge >= 0.3 is 5.97 Å². The highest BCUT2D eigenvalue weighted by Gasteiger charge is 2.13. The van der Waals surface area contributed by atoms with Crippen LogP contribution in [0.4, 0.5) is 0 Å². The lowest BCUT2D eigenvalue weighted by molar-refractivity contribution is -0.141. The Bertz CT molecular complexity index is 431. The molecule has 0 spiro atoms. The smallest absolute Gasteiger partial charge is 0.325 e. The molecule has 0 aliphatic heterocycles. The van der Waals surface area contributed by atoms with Crippen LogP contribution in [0.25, 0.3) is 0 Å². The van der Waals surface area contributed by atoms with Gasteiger partial charge in [-0.3, -0.25) is 9.59 Å². The molecule has 18 heavy (non-hydrogen) atoms. The average Bonchev–Trinajstić information content (AvgIpc) is 2.36. The van der Waals surface area contributed by atoms with E-state index >= 15 is 0 Å². The van der Waals surface area contributed by atoms with Crippen LogP contribution in [-0.2, 0) is 16.0 Å². The number of ether oxygens (including phenoxy) is 1. The first-order chi connectivity index (χ1) is 8.52. The number of carboxylic acids is 1. The summed E-state index contributed by atoms with van der Waals surface area (Å²) in [7, 11) is 0. The number of benzene rings is 1. The molecular formula is C13H17NO4. The standard InChI is InChI=1S/C13H17NO4/c1-3-10-5-4-6-11(7-10)18-8-12(15)14-9(2)13(16)17/h4-7,9H,3,8H2,1-2H3,(H,14,15)(H,16,17). The normalized spacial score (nSPS) is 11.7. The number of amides is 1. The van der Waals surface area contributed by atoms with E-state index in [0.717, 1.165) is 12.0 Å². The highest BCUT2D eigenvalue weighted by atomic mass is 16.5. The number of rotatable bonds is 6. The highest BCUT2D eigenvalue weighted by molar-refractivity contribution is 5.84. The molecule has 0 saturated heterocycles. The van der Waals surface area contributed by atoms with Gasteiger partial charge in [0, 0.05) is 0 Å². The van der Waals surface area contributed by atoms with E-state index in [0.29, 0.717) is 5.75 Å². The van der Waals surface area contributed by atoms with Crippen LogP contribution >= 0.6 is 0 Å². The number of aryl methyl sites for hydroxylation is 1. The summed E-state index contributed by atoms with van der Waals surface area (Å²) in [5, 5.41) is 10.9. The van der Waals surface area contributed by atoms with Gasteiger partial charge in [0.05, 0.1) is 0 Å². The zero-order valence-corrected chi connectivity index (χ0v) is 10.5. The van der Waals surface area contributed by atoms with Crippen molar-refractivity contribution >= 4 is 11.9 Å². The first-order valence-electron chi connectivity index (χ1n) is 5.76. The molecule has 0 radical (unpaired) electrons.